The molecule has 0 radical (unpaired) electrons. The molecule has 0 N–H and O–H groups in total. The topological polar surface area (TPSA) is 89.6 Å². The summed E-state index contributed by atoms with van der Waals surface area (Å²) in [5.74, 6) is -0.731. The Hall–Kier alpha value is -3.69. The number of carbonyl (C=O) groups excluding carboxylic acids is 1. The van der Waals surface area contributed by atoms with E-state index in [2.05, 4.69) is 0 Å². The Balaban J connectivity index is 1.76. The first-order valence-electron chi connectivity index (χ1n) is 11.0. The predicted molar refractivity (Wildman–Crippen MR) is 124 cm³/mol. The van der Waals surface area contributed by atoms with Crippen molar-refractivity contribution >= 4 is 22.6 Å². The summed E-state index contributed by atoms with van der Waals surface area (Å²) in [6.07, 6.45) is 0. The highest BCUT2D eigenvalue weighted by Crippen LogP contribution is 2.19. The lowest BCUT2D eigenvalue weighted by molar-refractivity contribution is 0.0748. The van der Waals surface area contributed by atoms with Gasteiger partial charge in [-0.1, -0.05) is 0 Å². The lowest BCUT2D eigenvalue weighted by atomic mass is 10.1. The van der Waals surface area contributed by atoms with Crippen LogP contribution in [0.5, 0.6) is 0 Å². The number of aryl methyl sites for hydroxylation is 2. The molecule has 0 unspecified atom stereocenters. The minimum Gasteiger partial charge on any atom is -0.368 e. The van der Waals surface area contributed by atoms with Gasteiger partial charge in [-0.05, 0) is 38.1 Å². The summed E-state index contributed by atoms with van der Waals surface area (Å²) in [5, 5.41) is 0.0753. The van der Waals surface area contributed by atoms with E-state index in [9.17, 15) is 23.6 Å². The highest BCUT2D eigenvalue weighted by molar-refractivity contribution is 6.05. The van der Waals surface area contributed by atoms with Crippen LogP contribution in [0.15, 0.2) is 44.7 Å². The van der Waals surface area contributed by atoms with E-state index in [-0.39, 0.29) is 35.5 Å². The van der Waals surface area contributed by atoms with Gasteiger partial charge in [0, 0.05) is 58.1 Å². The Kier molecular flexibility index (Phi) is 5.92. The first-order chi connectivity index (χ1) is 15.8. The molecule has 0 atom stereocenters. The number of halogens is 1. The summed E-state index contributed by atoms with van der Waals surface area (Å²) in [4.78, 5) is 55.8. The number of hydrogen-bond donors (Lipinski definition) is 0. The van der Waals surface area contributed by atoms with Crippen LogP contribution < -0.4 is 21.7 Å². The highest BCUT2D eigenvalue weighted by Gasteiger charge is 2.27. The average Bonchev–Trinajstić information content (AvgIpc) is 2.82. The van der Waals surface area contributed by atoms with Gasteiger partial charge in [0.25, 0.3) is 17.0 Å². The molecule has 2 aromatic heterocycles. The summed E-state index contributed by atoms with van der Waals surface area (Å²) < 4.78 is 16.9. The van der Waals surface area contributed by atoms with E-state index in [1.807, 2.05) is 4.90 Å². The molecule has 10 heteroatoms. The van der Waals surface area contributed by atoms with E-state index in [4.69, 9.17) is 0 Å². The Morgan fingerprint density at radius 2 is 1.55 bits per heavy atom. The van der Waals surface area contributed by atoms with Crippen molar-refractivity contribution in [2.45, 2.75) is 26.9 Å². The van der Waals surface area contributed by atoms with E-state index in [0.717, 1.165) is 10.3 Å². The predicted octanol–water partition coefficient (Wildman–Crippen LogP) is 1.00. The summed E-state index contributed by atoms with van der Waals surface area (Å²) in [7, 11) is 1.50. The fourth-order valence-electron chi connectivity index (χ4n) is 4.43. The zero-order valence-corrected chi connectivity index (χ0v) is 18.9. The van der Waals surface area contributed by atoms with E-state index < -0.39 is 22.7 Å². The van der Waals surface area contributed by atoms with Crippen LogP contribution in [0.1, 0.15) is 24.2 Å². The molecule has 3 heterocycles. The Morgan fingerprint density at radius 3 is 2.12 bits per heavy atom. The summed E-state index contributed by atoms with van der Waals surface area (Å²) in [6.45, 7) is 5.63. The Morgan fingerprint density at radius 1 is 0.939 bits per heavy atom. The van der Waals surface area contributed by atoms with Crippen molar-refractivity contribution in [2.24, 2.45) is 7.05 Å². The maximum Gasteiger partial charge on any atom is 0.332 e. The molecule has 1 amide bonds. The Labute approximate surface area is 188 Å². The van der Waals surface area contributed by atoms with Crippen LogP contribution >= 0.6 is 0 Å². The first kappa shape index (κ1) is 22.5. The highest BCUT2D eigenvalue weighted by atomic mass is 19.1. The molecule has 1 aliphatic rings. The van der Waals surface area contributed by atoms with Crippen LogP contribution in [0.4, 0.5) is 10.1 Å². The van der Waals surface area contributed by atoms with Crippen LogP contribution in [0.25, 0.3) is 11.0 Å². The number of rotatable bonds is 4. The first-order valence-corrected chi connectivity index (χ1v) is 11.0. The van der Waals surface area contributed by atoms with Gasteiger partial charge in [-0.3, -0.25) is 28.1 Å². The molecule has 0 bridgehead atoms. The van der Waals surface area contributed by atoms with Crippen LogP contribution in [-0.2, 0) is 20.1 Å². The molecule has 1 fully saturated rings. The van der Waals surface area contributed by atoms with Gasteiger partial charge in [0.2, 0.25) is 0 Å². The number of benzene rings is 1. The second-order valence-electron chi connectivity index (χ2n) is 7.99. The van der Waals surface area contributed by atoms with Crippen molar-refractivity contribution in [3.8, 4) is 0 Å². The molecule has 33 heavy (non-hydrogen) atoms. The number of amides is 1. The Bertz CT molecular complexity index is 1400. The number of aromatic nitrogens is 3. The molecule has 0 aliphatic carbocycles. The third kappa shape index (κ3) is 3.75. The van der Waals surface area contributed by atoms with Crippen molar-refractivity contribution in [1.29, 1.82) is 0 Å². The number of carbonyl (C=O) groups is 1. The van der Waals surface area contributed by atoms with Crippen LogP contribution in [0.2, 0.25) is 0 Å². The number of piperazine rings is 1. The zero-order valence-electron chi connectivity index (χ0n) is 18.9. The molecule has 0 spiro atoms. The van der Waals surface area contributed by atoms with Gasteiger partial charge >= 0.3 is 5.69 Å². The normalized spacial score (nSPS) is 14.2. The number of hydrogen-bond acceptors (Lipinski definition) is 5. The van der Waals surface area contributed by atoms with Crippen LogP contribution in [0, 0.1) is 5.82 Å². The van der Waals surface area contributed by atoms with Crippen LogP contribution in [0.3, 0.4) is 0 Å². The molecule has 0 saturated carbocycles. The van der Waals surface area contributed by atoms with Gasteiger partial charge in [0.05, 0.1) is 10.9 Å². The minimum atomic E-state index is -0.578. The quantitative estimate of drug-likeness (QED) is 0.586. The van der Waals surface area contributed by atoms with E-state index >= 15 is 0 Å². The minimum absolute atomic E-state index is 0.0118. The van der Waals surface area contributed by atoms with Crippen LogP contribution in [-0.4, -0.2) is 50.7 Å². The smallest absolute Gasteiger partial charge is 0.332 e. The van der Waals surface area contributed by atoms with Crippen molar-refractivity contribution in [3.05, 3.63) is 72.9 Å². The summed E-state index contributed by atoms with van der Waals surface area (Å²) >= 11 is 0. The molecule has 9 nitrogen and oxygen atoms in total. The lowest BCUT2D eigenvalue weighted by Crippen LogP contribution is -2.49. The van der Waals surface area contributed by atoms with Gasteiger partial charge in [0.15, 0.2) is 0 Å². The van der Waals surface area contributed by atoms with Crippen molar-refractivity contribution in [1.82, 2.24) is 18.6 Å². The fourth-order valence-corrected chi connectivity index (χ4v) is 4.43. The standard InChI is InChI=1S/C23H26FN5O4/c1-4-28-18(30)14-17(19-20(28)25(3)23(33)29(5-2)22(19)32)21(31)27-12-10-26(11-13-27)16-8-6-15(24)7-9-16/h6-9,14H,4-5,10-13H2,1-3H3. The second kappa shape index (κ2) is 8.68. The number of pyridine rings is 1. The van der Waals surface area contributed by atoms with Crippen molar-refractivity contribution < 1.29 is 9.18 Å². The average molecular weight is 455 g/mol. The van der Waals surface area contributed by atoms with Crippen molar-refractivity contribution in [2.75, 3.05) is 31.1 Å². The van der Waals surface area contributed by atoms with Gasteiger partial charge in [-0.2, -0.15) is 0 Å². The third-order valence-corrected chi connectivity index (χ3v) is 6.20. The molecule has 3 aromatic rings. The maximum absolute atomic E-state index is 13.5. The fraction of sp³-hybridized carbons (Fsp3) is 0.391. The van der Waals surface area contributed by atoms with Crippen molar-refractivity contribution in [3.63, 3.8) is 0 Å². The van der Waals surface area contributed by atoms with Gasteiger partial charge < -0.3 is 9.80 Å². The SMILES string of the molecule is CCn1c(=O)c2c(C(=O)N3CCN(c4ccc(F)cc4)CC3)cc(=O)n(CC)c2n(C)c1=O. The van der Waals surface area contributed by atoms with Gasteiger partial charge in [-0.15, -0.1) is 0 Å². The molecule has 4 rings (SSSR count). The maximum atomic E-state index is 13.5. The van der Waals surface area contributed by atoms with E-state index in [0.29, 0.717) is 26.2 Å². The molecule has 1 saturated heterocycles. The number of nitrogens with zero attached hydrogens (tertiary/aromatic N) is 5. The molecular weight excluding hydrogens is 429 g/mol. The summed E-state index contributed by atoms with van der Waals surface area (Å²) in [6, 6.07) is 7.37. The third-order valence-electron chi connectivity index (χ3n) is 6.20. The molecule has 1 aliphatic heterocycles. The molecular formula is C23H26FN5O4. The lowest BCUT2D eigenvalue weighted by Gasteiger charge is -2.36. The largest absolute Gasteiger partial charge is 0.368 e. The molecule has 174 valence electrons. The van der Waals surface area contributed by atoms with Gasteiger partial charge in [0.1, 0.15) is 11.5 Å². The molecule has 1 aromatic carbocycles. The van der Waals surface area contributed by atoms with E-state index in [1.54, 1.807) is 30.9 Å². The zero-order chi connectivity index (χ0) is 23.9. The van der Waals surface area contributed by atoms with Gasteiger partial charge in [-0.25, -0.2) is 9.18 Å². The second-order valence-corrected chi connectivity index (χ2v) is 7.99. The van der Waals surface area contributed by atoms with E-state index in [1.165, 1.54) is 34.4 Å². The number of anilines is 1. The monoisotopic (exact) mass is 455 g/mol. The summed E-state index contributed by atoms with van der Waals surface area (Å²) in [5.41, 5.74) is -0.529. The number of fused-ring (bicyclic) bond motifs is 1.